The molecular formula is C16H17BrClNO. The van der Waals surface area contributed by atoms with Crippen LogP contribution in [0.3, 0.4) is 0 Å². The van der Waals surface area contributed by atoms with Gasteiger partial charge in [0.2, 0.25) is 0 Å². The van der Waals surface area contributed by atoms with Gasteiger partial charge in [0.05, 0.1) is 12.6 Å². The molecule has 0 aromatic heterocycles. The fourth-order valence-corrected chi connectivity index (χ4v) is 2.88. The highest BCUT2D eigenvalue weighted by atomic mass is 79.9. The Morgan fingerprint density at radius 2 is 1.95 bits per heavy atom. The van der Waals surface area contributed by atoms with Crippen LogP contribution in [0.2, 0.25) is 5.02 Å². The van der Waals surface area contributed by atoms with Gasteiger partial charge in [-0.1, -0.05) is 45.7 Å². The Morgan fingerprint density at radius 1 is 1.20 bits per heavy atom. The first kappa shape index (κ1) is 15.4. The van der Waals surface area contributed by atoms with E-state index in [0.717, 1.165) is 26.4 Å². The van der Waals surface area contributed by atoms with Crippen molar-refractivity contribution in [1.82, 2.24) is 5.32 Å². The molecule has 0 amide bonds. The molecule has 2 rings (SSSR count). The lowest BCUT2D eigenvalue weighted by atomic mass is 9.98. The van der Waals surface area contributed by atoms with Gasteiger partial charge in [0.1, 0.15) is 5.75 Å². The van der Waals surface area contributed by atoms with Gasteiger partial charge in [-0.25, -0.2) is 0 Å². The highest BCUT2D eigenvalue weighted by Gasteiger charge is 2.19. The molecule has 1 unspecified atom stereocenters. The van der Waals surface area contributed by atoms with Crippen molar-refractivity contribution in [1.29, 1.82) is 0 Å². The smallest absolute Gasteiger partial charge is 0.124 e. The van der Waals surface area contributed by atoms with Gasteiger partial charge in [-0.05, 0) is 43.8 Å². The van der Waals surface area contributed by atoms with Crippen molar-refractivity contribution in [3.63, 3.8) is 0 Å². The summed E-state index contributed by atoms with van der Waals surface area (Å²) < 4.78 is 6.74. The molecule has 0 bridgehead atoms. The molecule has 4 heteroatoms. The molecule has 2 nitrogen and oxygen atoms in total. The van der Waals surface area contributed by atoms with Crippen molar-refractivity contribution < 1.29 is 4.74 Å². The van der Waals surface area contributed by atoms with Crippen LogP contribution in [0.15, 0.2) is 46.9 Å². The van der Waals surface area contributed by atoms with Crippen LogP contribution in [0.25, 0.3) is 0 Å². The van der Waals surface area contributed by atoms with Crippen LogP contribution >= 0.6 is 27.5 Å². The minimum Gasteiger partial charge on any atom is -0.494 e. The van der Waals surface area contributed by atoms with Gasteiger partial charge in [0.15, 0.2) is 0 Å². The Bertz CT molecular complexity index is 588. The summed E-state index contributed by atoms with van der Waals surface area (Å²) in [5.74, 6) is 0.890. The predicted octanol–water partition coefficient (Wildman–Crippen LogP) is 4.81. The highest BCUT2D eigenvalue weighted by Crippen LogP contribution is 2.34. The minimum absolute atomic E-state index is 0.0193. The molecule has 0 aliphatic heterocycles. The van der Waals surface area contributed by atoms with Gasteiger partial charge in [-0.3, -0.25) is 0 Å². The monoisotopic (exact) mass is 353 g/mol. The van der Waals surface area contributed by atoms with Crippen molar-refractivity contribution >= 4 is 27.5 Å². The third kappa shape index (κ3) is 3.35. The molecule has 0 saturated carbocycles. The number of halogens is 2. The molecule has 0 aliphatic rings. The normalized spacial score (nSPS) is 12.2. The highest BCUT2D eigenvalue weighted by molar-refractivity contribution is 9.10. The van der Waals surface area contributed by atoms with E-state index in [1.807, 2.05) is 50.4 Å². The maximum atomic E-state index is 6.13. The Morgan fingerprint density at radius 3 is 2.65 bits per heavy atom. The van der Waals surface area contributed by atoms with Crippen molar-refractivity contribution in [2.45, 2.75) is 13.0 Å². The van der Waals surface area contributed by atoms with Crippen molar-refractivity contribution in [2.24, 2.45) is 0 Å². The molecule has 20 heavy (non-hydrogen) atoms. The first-order chi connectivity index (χ1) is 9.67. The van der Waals surface area contributed by atoms with Crippen LogP contribution in [0.1, 0.15) is 24.1 Å². The number of hydrogen-bond donors (Lipinski definition) is 1. The van der Waals surface area contributed by atoms with Crippen molar-refractivity contribution in [3.05, 3.63) is 63.1 Å². The van der Waals surface area contributed by atoms with Gasteiger partial charge in [0, 0.05) is 15.1 Å². The first-order valence-corrected chi connectivity index (χ1v) is 7.68. The Balaban J connectivity index is 2.49. The van der Waals surface area contributed by atoms with Gasteiger partial charge in [-0.15, -0.1) is 0 Å². The molecule has 0 spiro atoms. The molecule has 2 aromatic rings. The number of hydrogen-bond acceptors (Lipinski definition) is 2. The summed E-state index contributed by atoms with van der Waals surface area (Å²) in [7, 11) is 1.93. The van der Waals surface area contributed by atoms with E-state index in [0.29, 0.717) is 6.61 Å². The molecule has 0 fully saturated rings. The zero-order chi connectivity index (χ0) is 14.5. The van der Waals surface area contributed by atoms with E-state index in [1.54, 1.807) is 0 Å². The molecule has 0 saturated heterocycles. The third-order valence-electron chi connectivity index (χ3n) is 3.09. The zero-order valence-corrected chi connectivity index (χ0v) is 13.8. The standard InChI is InChI=1S/C16H17BrClNO/c1-3-20-15-7-5-4-6-12(15)16(19-2)13-10-11(18)8-9-14(13)17/h4-10,16,19H,3H2,1-2H3. The Labute approximate surface area is 133 Å². The van der Waals surface area contributed by atoms with Crippen LogP contribution in [-0.4, -0.2) is 13.7 Å². The van der Waals surface area contributed by atoms with Crippen LogP contribution in [-0.2, 0) is 0 Å². The van der Waals surface area contributed by atoms with Gasteiger partial charge in [-0.2, -0.15) is 0 Å². The molecule has 0 aliphatic carbocycles. The Kier molecular flexibility index (Phi) is 5.46. The van der Waals surface area contributed by atoms with Gasteiger partial charge >= 0.3 is 0 Å². The number of para-hydroxylation sites is 1. The third-order valence-corrected chi connectivity index (χ3v) is 4.04. The second-order valence-corrected chi connectivity index (χ2v) is 5.65. The maximum absolute atomic E-state index is 6.13. The van der Waals surface area contributed by atoms with E-state index in [4.69, 9.17) is 16.3 Å². The number of benzene rings is 2. The Hall–Kier alpha value is -1.03. The van der Waals surface area contributed by atoms with Crippen LogP contribution in [0.5, 0.6) is 5.75 Å². The second kappa shape index (κ2) is 7.11. The molecule has 2 aromatic carbocycles. The van der Waals surface area contributed by atoms with Gasteiger partial charge < -0.3 is 10.1 Å². The first-order valence-electron chi connectivity index (χ1n) is 6.51. The molecule has 0 radical (unpaired) electrons. The SMILES string of the molecule is CCOc1ccccc1C(NC)c1cc(Cl)ccc1Br. The second-order valence-electron chi connectivity index (χ2n) is 4.36. The van der Waals surface area contributed by atoms with Crippen molar-refractivity contribution in [2.75, 3.05) is 13.7 Å². The zero-order valence-electron chi connectivity index (χ0n) is 11.5. The molecule has 106 valence electrons. The molecule has 1 N–H and O–H groups in total. The topological polar surface area (TPSA) is 21.3 Å². The van der Waals surface area contributed by atoms with E-state index in [9.17, 15) is 0 Å². The van der Waals surface area contributed by atoms with E-state index < -0.39 is 0 Å². The summed E-state index contributed by atoms with van der Waals surface area (Å²) in [5, 5.41) is 4.05. The molecule has 0 heterocycles. The average Bonchev–Trinajstić information content (AvgIpc) is 2.45. The summed E-state index contributed by atoms with van der Waals surface area (Å²) in [6, 6.07) is 13.9. The summed E-state index contributed by atoms with van der Waals surface area (Å²) in [5.41, 5.74) is 2.19. The van der Waals surface area contributed by atoms with E-state index in [1.165, 1.54) is 0 Å². The molecule has 1 atom stereocenters. The lowest BCUT2D eigenvalue weighted by molar-refractivity contribution is 0.334. The summed E-state index contributed by atoms with van der Waals surface area (Å²) in [4.78, 5) is 0. The van der Waals surface area contributed by atoms with E-state index in [-0.39, 0.29) is 6.04 Å². The number of rotatable bonds is 5. The fraction of sp³-hybridized carbons (Fsp3) is 0.250. The minimum atomic E-state index is 0.0193. The van der Waals surface area contributed by atoms with E-state index >= 15 is 0 Å². The van der Waals surface area contributed by atoms with Gasteiger partial charge in [0.25, 0.3) is 0 Å². The van der Waals surface area contributed by atoms with E-state index in [2.05, 4.69) is 27.3 Å². The number of ether oxygens (including phenoxy) is 1. The van der Waals surface area contributed by atoms with Crippen LogP contribution in [0, 0.1) is 0 Å². The molecular weight excluding hydrogens is 338 g/mol. The maximum Gasteiger partial charge on any atom is 0.124 e. The van der Waals surface area contributed by atoms with Crippen LogP contribution in [0.4, 0.5) is 0 Å². The van der Waals surface area contributed by atoms with Crippen LogP contribution < -0.4 is 10.1 Å². The fourth-order valence-electron chi connectivity index (χ4n) is 2.22. The predicted molar refractivity (Wildman–Crippen MR) is 87.7 cm³/mol. The summed E-state index contributed by atoms with van der Waals surface area (Å²) >= 11 is 9.72. The average molecular weight is 355 g/mol. The quantitative estimate of drug-likeness (QED) is 0.832. The largest absolute Gasteiger partial charge is 0.494 e. The van der Waals surface area contributed by atoms with Crippen molar-refractivity contribution in [3.8, 4) is 5.75 Å². The summed E-state index contributed by atoms with van der Waals surface area (Å²) in [6.07, 6.45) is 0. The lowest BCUT2D eigenvalue weighted by Gasteiger charge is -2.21. The number of nitrogens with one attached hydrogen (secondary N) is 1. The lowest BCUT2D eigenvalue weighted by Crippen LogP contribution is -2.19. The summed E-state index contributed by atoms with van der Waals surface area (Å²) in [6.45, 7) is 2.63.